The smallest absolute Gasteiger partial charge is 0.222 e. The highest BCUT2D eigenvalue weighted by Gasteiger charge is 2.20. The topological polar surface area (TPSA) is 58.6 Å². The van der Waals surface area contributed by atoms with E-state index in [2.05, 4.69) is 26.1 Å². The molecule has 1 fully saturated rings. The lowest BCUT2D eigenvalue weighted by atomic mass is 9.86. The van der Waals surface area contributed by atoms with Gasteiger partial charge in [-0.15, -0.1) is 0 Å². The van der Waals surface area contributed by atoms with E-state index < -0.39 is 6.10 Å². The van der Waals surface area contributed by atoms with Crippen molar-refractivity contribution < 1.29 is 14.6 Å². The van der Waals surface area contributed by atoms with Gasteiger partial charge in [-0.1, -0.05) is 45.0 Å². The Kier molecular flexibility index (Phi) is 5.59. The Morgan fingerprint density at radius 1 is 1.36 bits per heavy atom. The number of hydrogen-bond donors (Lipinski definition) is 2. The van der Waals surface area contributed by atoms with Crippen LogP contribution in [0.1, 0.15) is 57.3 Å². The maximum atomic E-state index is 11.8. The number of amides is 1. The molecule has 0 bridgehead atoms. The molecule has 2 unspecified atom stereocenters. The summed E-state index contributed by atoms with van der Waals surface area (Å²) < 4.78 is 5.44. The van der Waals surface area contributed by atoms with Gasteiger partial charge in [-0.05, 0) is 29.4 Å². The molecule has 2 N–H and O–H groups in total. The average Bonchev–Trinajstić information content (AvgIpc) is 2.97. The van der Waals surface area contributed by atoms with Crippen LogP contribution in [0.25, 0.3) is 0 Å². The molecule has 2 atom stereocenters. The van der Waals surface area contributed by atoms with E-state index in [0.717, 1.165) is 25.0 Å². The highest BCUT2D eigenvalue weighted by molar-refractivity contribution is 5.76. The molecule has 22 heavy (non-hydrogen) atoms. The number of ether oxygens (including phenoxy) is 1. The van der Waals surface area contributed by atoms with Gasteiger partial charge in [0, 0.05) is 13.2 Å². The molecule has 122 valence electrons. The first kappa shape index (κ1) is 17.0. The molecule has 1 aliphatic heterocycles. The molecular weight excluding hydrogens is 278 g/mol. The van der Waals surface area contributed by atoms with Crippen LogP contribution in [-0.4, -0.2) is 30.3 Å². The minimum Gasteiger partial charge on any atom is -0.387 e. The van der Waals surface area contributed by atoms with Crippen molar-refractivity contribution in [1.29, 1.82) is 0 Å². The Morgan fingerprint density at radius 3 is 2.59 bits per heavy atom. The number of carbonyl (C=O) groups is 1. The Balaban J connectivity index is 1.81. The molecule has 1 aromatic carbocycles. The Bertz CT molecular complexity index is 484. The van der Waals surface area contributed by atoms with Crippen LogP contribution < -0.4 is 5.32 Å². The van der Waals surface area contributed by atoms with Gasteiger partial charge in [0.15, 0.2) is 0 Å². The molecule has 0 spiro atoms. The fourth-order valence-corrected chi connectivity index (χ4v) is 2.62. The highest BCUT2D eigenvalue weighted by Crippen LogP contribution is 2.23. The fraction of sp³-hybridized carbons (Fsp3) is 0.611. The second-order valence-electron chi connectivity index (χ2n) is 7.03. The summed E-state index contributed by atoms with van der Waals surface area (Å²) in [6.45, 7) is 7.46. The zero-order valence-corrected chi connectivity index (χ0v) is 13.8. The van der Waals surface area contributed by atoms with Gasteiger partial charge in [-0.2, -0.15) is 0 Å². The van der Waals surface area contributed by atoms with Gasteiger partial charge in [0.05, 0.1) is 18.6 Å². The summed E-state index contributed by atoms with van der Waals surface area (Å²) in [4.78, 5) is 11.8. The third-order valence-electron chi connectivity index (χ3n) is 4.09. The Labute approximate surface area is 132 Å². The standard InChI is InChI=1S/C18H27NO3/c1-18(2,3)14-8-6-13(7-9-14)16(20)12-19-17(21)11-15-5-4-10-22-15/h6-9,15-16,20H,4-5,10-12H2,1-3H3,(H,19,21). The molecule has 1 amide bonds. The van der Waals surface area contributed by atoms with Crippen LogP contribution in [0.15, 0.2) is 24.3 Å². The monoisotopic (exact) mass is 305 g/mol. The molecule has 0 radical (unpaired) electrons. The highest BCUT2D eigenvalue weighted by atomic mass is 16.5. The zero-order chi connectivity index (χ0) is 16.2. The first-order chi connectivity index (χ1) is 10.4. The summed E-state index contributed by atoms with van der Waals surface area (Å²) in [5, 5.41) is 13.0. The lowest BCUT2D eigenvalue weighted by Gasteiger charge is -2.20. The lowest BCUT2D eigenvalue weighted by molar-refractivity contribution is -0.123. The maximum Gasteiger partial charge on any atom is 0.222 e. The molecule has 4 heteroatoms. The minimum absolute atomic E-state index is 0.0446. The van der Waals surface area contributed by atoms with Gasteiger partial charge in [-0.3, -0.25) is 4.79 Å². The molecule has 0 aromatic heterocycles. The van der Waals surface area contributed by atoms with E-state index in [1.54, 1.807) is 0 Å². The van der Waals surface area contributed by atoms with Crippen molar-refractivity contribution in [3.63, 3.8) is 0 Å². The Morgan fingerprint density at radius 2 is 2.05 bits per heavy atom. The van der Waals surface area contributed by atoms with Gasteiger partial charge in [0.25, 0.3) is 0 Å². The van der Waals surface area contributed by atoms with E-state index in [1.807, 2.05) is 24.3 Å². The number of aliphatic hydroxyl groups excluding tert-OH is 1. The third-order valence-corrected chi connectivity index (χ3v) is 4.09. The van der Waals surface area contributed by atoms with Crippen LogP contribution in [-0.2, 0) is 14.9 Å². The predicted molar refractivity (Wildman–Crippen MR) is 86.7 cm³/mol. The van der Waals surface area contributed by atoms with Crippen molar-refractivity contribution in [2.24, 2.45) is 0 Å². The van der Waals surface area contributed by atoms with E-state index in [-0.39, 0.29) is 24.0 Å². The second-order valence-corrected chi connectivity index (χ2v) is 7.03. The molecule has 4 nitrogen and oxygen atoms in total. The molecule has 1 aliphatic rings. The van der Waals surface area contributed by atoms with Crippen LogP contribution in [0, 0.1) is 0 Å². The van der Waals surface area contributed by atoms with E-state index in [4.69, 9.17) is 4.74 Å². The average molecular weight is 305 g/mol. The SMILES string of the molecule is CC(C)(C)c1ccc(C(O)CNC(=O)CC2CCCO2)cc1. The van der Waals surface area contributed by atoms with E-state index in [9.17, 15) is 9.90 Å². The predicted octanol–water partition coefficient (Wildman–Crippen LogP) is 2.70. The van der Waals surface area contributed by atoms with Crippen LogP contribution in [0.5, 0.6) is 0 Å². The Hall–Kier alpha value is -1.39. The maximum absolute atomic E-state index is 11.8. The summed E-state index contributed by atoms with van der Waals surface area (Å²) >= 11 is 0. The number of rotatable bonds is 5. The summed E-state index contributed by atoms with van der Waals surface area (Å²) in [6.07, 6.45) is 1.73. The number of aliphatic hydroxyl groups is 1. The van der Waals surface area contributed by atoms with Crippen molar-refractivity contribution in [2.45, 2.75) is 57.7 Å². The fourth-order valence-electron chi connectivity index (χ4n) is 2.62. The van der Waals surface area contributed by atoms with Crippen molar-refractivity contribution in [1.82, 2.24) is 5.32 Å². The van der Waals surface area contributed by atoms with E-state index in [0.29, 0.717) is 6.42 Å². The number of benzene rings is 1. The molecule has 1 saturated heterocycles. The normalized spacial score (nSPS) is 19.9. The van der Waals surface area contributed by atoms with Crippen molar-refractivity contribution in [3.8, 4) is 0 Å². The van der Waals surface area contributed by atoms with Gasteiger partial charge >= 0.3 is 0 Å². The third kappa shape index (κ3) is 4.82. The molecule has 1 heterocycles. The molecule has 0 aliphatic carbocycles. The first-order valence-electron chi connectivity index (χ1n) is 8.03. The molecular formula is C18H27NO3. The molecule has 2 rings (SSSR count). The van der Waals surface area contributed by atoms with Crippen molar-refractivity contribution >= 4 is 5.91 Å². The second kappa shape index (κ2) is 7.25. The van der Waals surface area contributed by atoms with Crippen LogP contribution in [0.4, 0.5) is 0 Å². The lowest BCUT2D eigenvalue weighted by Crippen LogP contribution is -2.31. The summed E-state index contributed by atoms with van der Waals surface area (Å²) in [5.74, 6) is -0.0581. The van der Waals surface area contributed by atoms with Gasteiger partial charge in [0.1, 0.15) is 0 Å². The van der Waals surface area contributed by atoms with Gasteiger partial charge < -0.3 is 15.2 Å². The van der Waals surface area contributed by atoms with Crippen LogP contribution >= 0.6 is 0 Å². The first-order valence-corrected chi connectivity index (χ1v) is 8.03. The van der Waals surface area contributed by atoms with Crippen molar-refractivity contribution in [2.75, 3.05) is 13.2 Å². The number of carbonyl (C=O) groups excluding carboxylic acids is 1. The van der Waals surface area contributed by atoms with E-state index in [1.165, 1.54) is 5.56 Å². The number of hydrogen-bond acceptors (Lipinski definition) is 3. The van der Waals surface area contributed by atoms with Crippen LogP contribution in [0.3, 0.4) is 0 Å². The number of nitrogens with one attached hydrogen (secondary N) is 1. The molecule has 1 aromatic rings. The van der Waals surface area contributed by atoms with Gasteiger partial charge in [0.2, 0.25) is 5.91 Å². The molecule has 0 saturated carbocycles. The zero-order valence-electron chi connectivity index (χ0n) is 13.8. The summed E-state index contributed by atoms with van der Waals surface area (Å²) in [5.41, 5.74) is 2.15. The van der Waals surface area contributed by atoms with Crippen LogP contribution in [0.2, 0.25) is 0 Å². The van der Waals surface area contributed by atoms with Crippen molar-refractivity contribution in [3.05, 3.63) is 35.4 Å². The largest absolute Gasteiger partial charge is 0.387 e. The summed E-state index contributed by atoms with van der Waals surface area (Å²) in [7, 11) is 0. The quantitative estimate of drug-likeness (QED) is 0.879. The van der Waals surface area contributed by atoms with Gasteiger partial charge in [-0.25, -0.2) is 0 Å². The minimum atomic E-state index is -0.678. The van der Waals surface area contributed by atoms with E-state index >= 15 is 0 Å². The summed E-state index contributed by atoms with van der Waals surface area (Å²) in [6, 6.07) is 7.93.